The zero-order valence-corrected chi connectivity index (χ0v) is 37.7. The number of nitrogens with two attached hydrogens (primary N) is 2. The van der Waals surface area contributed by atoms with Crippen molar-refractivity contribution in [2.45, 2.75) is 84.0 Å². The highest BCUT2D eigenvalue weighted by Gasteiger charge is 2.36. The normalized spacial score (nSPS) is 19.4. The van der Waals surface area contributed by atoms with Gasteiger partial charge in [-0.15, -0.1) is 0 Å². The van der Waals surface area contributed by atoms with Gasteiger partial charge in [0.25, 0.3) is 0 Å². The molecule has 6 heterocycles. The fourth-order valence-electron chi connectivity index (χ4n) is 8.49. The van der Waals surface area contributed by atoms with E-state index in [1.807, 2.05) is 56.8 Å². The number of ether oxygens (including phenoxy) is 1. The Hall–Kier alpha value is -6.14. The zero-order valence-electron chi connectivity index (χ0n) is 36.7. The molecule has 62 heavy (non-hydrogen) atoms. The number of nitrogen functional groups attached to an aromatic ring is 1. The largest absolute Gasteiger partial charge is 0.383 e. The van der Waals surface area contributed by atoms with Crippen LogP contribution in [0.15, 0.2) is 61.2 Å². The van der Waals surface area contributed by atoms with E-state index >= 15 is 0 Å². The van der Waals surface area contributed by atoms with Gasteiger partial charge in [-0.25, -0.2) is 9.67 Å². The third kappa shape index (κ3) is 9.81. The van der Waals surface area contributed by atoms with Crippen LogP contribution < -0.4 is 16.8 Å². The quantitative estimate of drug-likeness (QED) is 0.0992. The first-order valence-electron chi connectivity index (χ1n) is 21.2. The smallest absolute Gasteiger partial charge is 0.314 e. The lowest BCUT2D eigenvalue weighted by Crippen LogP contribution is -2.46. The Kier molecular flexibility index (Phi) is 12.8. The molecule has 0 spiro atoms. The van der Waals surface area contributed by atoms with Crippen molar-refractivity contribution in [1.82, 2.24) is 44.1 Å². The van der Waals surface area contributed by atoms with Crippen LogP contribution in [0.25, 0.3) is 32.7 Å². The monoisotopic (exact) mass is 862 g/mol. The minimum absolute atomic E-state index is 0.0965. The lowest BCUT2D eigenvalue weighted by atomic mass is 9.89. The molecule has 4 aromatic heterocycles. The van der Waals surface area contributed by atoms with E-state index in [-0.39, 0.29) is 24.7 Å². The molecule has 5 N–H and O–H groups in total. The number of carbonyl (C=O) groups excluding carboxylic acids is 4. The fourth-order valence-corrected chi connectivity index (χ4v) is 9.24. The number of nitrogens with one attached hydrogen (secondary N) is 1. The highest BCUT2D eigenvalue weighted by Crippen LogP contribution is 2.36. The Labute approximate surface area is 361 Å². The molecule has 328 valence electrons. The summed E-state index contributed by atoms with van der Waals surface area (Å²) in [6, 6.07) is 12.7. The molecule has 8 rings (SSSR count). The number of pyridine rings is 1. The number of anilines is 2. The molecule has 2 saturated heterocycles. The maximum absolute atomic E-state index is 13.6. The van der Waals surface area contributed by atoms with Crippen molar-refractivity contribution in [3.05, 3.63) is 72.3 Å². The predicted octanol–water partition coefficient (Wildman–Crippen LogP) is 5.51. The van der Waals surface area contributed by atoms with Crippen molar-refractivity contribution in [2.24, 2.45) is 31.7 Å². The van der Waals surface area contributed by atoms with E-state index in [9.17, 15) is 19.2 Å². The van der Waals surface area contributed by atoms with E-state index in [2.05, 4.69) is 65.2 Å². The minimum Gasteiger partial charge on any atom is -0.383 e. The molecule has 17 nitrogen and oxygen atoms in total. The summed E-state index contributed by atoms with van der Waals surface area (Å²) in [6.07, 6.45) is 10.6. The summed E-state index contributed by atoms with van der Waals surface area (Å²) in [7, 11) is 2.53. The lowest BCUT2D eigenvalue weighted by molar-refractivity contribution is -0.147. The maximum atomic E-state index is 13.6. The van der Waals surface area contributed by atoms with Gasteiger partial charge in [-0.3, -0.25) is 28.5 Å². The number of aromatic nitrogens is 7. The van der Waals surface area contributed by atoms with Crippen LogP contribution in [0.3, 0.4) is 0 Å². The van der Waals surface area contributed by atoms with Crippen molar-refractivity contribution in [1.29, 1.82) is 0 Å². The molecule has 0 bridgehead atoms. The van der Waals surface area contributed by atoms with Crippen LogP contribution in [-0.4, -0.2) is 95.5 Å². The predicted molar refractivity (Wildman–Crippen MR) is 241 cm³/mol. The van der Waals surface area contributed by atoms with Gasteiger partial charge >= 0.3 is 23.6 Å². The van der Waals surface area contributed by atoms with Gasteiger partial charge in [0.1, 0.15) is 12.5 Å². The summed E-state index contributed by atoms with van der Waals surface area (Å²) >= 11 is 0. The van der Waals surface area contributed by atoms with Crippen molar-refractivity contribution in [3.63, 3.8) is 0 Å². The first-order valence-corrected chi connectivity index (χ1v) is 24.9. The van der Waals surface area contributed by atoms with Crippen LogP contribution in [0.4, 0.5) is 11.5 Å². The highest BCUT2D eigenvalue weighted by atomic mass is 28.3. The number of primary amides is 1. The number of likely N-dealkylation sites (tertiary alicyclic amines) is 2. The number of benzene rings is 2. The standard InChI is InChI=1S/C28H38N8O3Si.C16H20N4O2/c1-18-6-9-24(19-7-8-22-20(12-19)16-34(2)33-22)35(15-18)28(38)27(37)32-23-14-30-26(29)21-13-31-36(25(21)23)17-39-10-11-40(3,4)5;1-10-3-6-14(20(8-10)16(22)15(17)21)11-4-5-13-12(7-11)9-19(2)18-13/h7-8,12-14,16,18,24H,6,9-11,15,17H2,1-5H3,(H2,29,30)(H,32,37);4-5,7,9-10,14H,3,6,8H2,1-2H3,(H2,17,21)/t18-,24+;10-,14+/m00/s1. The number of amides is 4. The van der Waals surface area contributed by atoms with Crippen molar-refractivity contribution in [2.75, 3.05) is 30.7 Å². The molecule has 18 heteroatoms. The molecule has 2 fully saturated rings. The van der Waals surface area contributed by atoms with E-state index in [1.54, 1.807) is 30.0 Å². The molecular weight excluding hydrogens is 805 g/mol. The van der Waals surface area contributed by atoms with Gasteiger partial charge < -0.3 is 31.3 Å². The Bertz CT molecular complexity index is 2630. The first-order chi connectivity index (χ1) is 29.4. The zero-order chi connectivity index (χ0) is 44.5. The summed E-state index contributed by atoms with van der Waals surface area (Å²) in [6.45, 7) is 13.0. The van der Waals surface area contributed by atoms with Gasteiger partial charge in [0, 0.05) is 65.0 Å². The average molecular weight is 863 g/mol. The molecule has 4 atom stereocenters. The number of fused-ring (bicyclic) bond motifs is 3. The van der Waals surface area contributed by atoms with Crippen LogP contribution >= 0.6 is 0 Å². The van der Waals surface area contributed by atoms with Gasteiger partial charge in [-0.05, 0) is 79.0 Å². The summed E-state index contributed by atoms with van der Waals surface area (Å²) in [5.74, 6) is -1.82. The molecule has 0 unspecified atom stereocenters. The second-order valence-corrected chi connectivity index (χ2v) is 23.8. The molecule has 0 radical (unpaired) electrons. The number of rotatable bonds is 8. The summed E-state index contributed by atoms with van der Waals surface area (Å²) in [5, 5.41) is 18.6. The molecule has 2 aliphatic rings. The topological polar surface area (TPSA) is 214 Å². The number of aryl methyl sites for hydroxylation is 2. The van der Waals surface area contributed by atoms with Crippen molar-refractivity contribution < 1.29 is 23.9 Å². The Morgan fingerprint density at radius 3 is 1.89 bits per heavy atom. The fraction of sp³-hybridized carbons (Fsp3) is 0.455. The summed E-state index contributed by atoms with van der Waals surface area (Å²) in [5.41, 5.74) is 16.1. The molecule has 6 aromatic rings. The maximum Gasteiger partial charge on any atom is 0.314 e. The van der Waals surface area contributed by atoms with E-state index in [0.29, 0.717) is 48.0 Å². The number of hydrogen-bond donors (Lipinski definition) is 3. The van der Waals surface area contributed by atoms with Crippen molar-refractivity contribution >= 4 is 75.9 Å². The van der Waals surface area contributed by atoms with Crippen molar-refractivity contribution in [3.8, 4) is 0 Å². The van der Waals surface area contributed by atoms with Gasteiger partial charge in [0.2, 0.25) is 0 Å². The highest BCUT2D eigenvalue weighted by molar-refractivity contribution is 6.76. The summed E-state index contributed by atoms with van der Waals surface area (Å²) in [4.78, 5) is 58.0. The Morgan fingerprint density at radius 2 is 1.35 bits per heavy atom. The van der Waals surface area contributed by atoms with Crippen LogP contribution in [0.1, 0.15) is 62.7 Å². The van der Waals surface area contributed by atoms with Gasteiger partial charge in [-0.2, -0.15) is 15.3 Å². The molecule has 0 saturated carbocycles. The number of carbonyl (C=O) groups is 4. The van der Waals surface area contributed by atoms with Crippen LogP contribution in [-0.2, 0) is 44.7 Å². The molecule has 4 amide bonds. The Balaban J connectivity index is 0.000000221. The minimum atomic E-state index is -1.24. The SMILES string of the molecule is C[C@H]1CC[C@H](c2ccc3nn(C)cc3c2)N(C(=O)C(=O)Nc2cnc(N)c3cnn(COCC[Si](C)(C)C)c23)C1.C[C@H]1CC[C@H](c2ccc3nn(C)cc3c2)N(C(=O)C(N)=O)C1. The Morgan fingerprint density at radius 1 is 0.806 bits per heavy atom. The third-order valence-electron chi connectivity index (χ3n) is 11.8. The third-order valence-corrected chi connectivity index (χ3v) is 13.5. The summed E-state index contributed by atoms with van der Waals surface area (Å²) < 4.78 is 11.1. The molecular formula is C44H58N12O5Si. The number of hydrogen-bond acceptors (Lipinski definition) is 10. The van der Waals surface area contributed by atoms with Crippen LogP contribution in [0.2, 0.25) is 25.7 Å². The molecule has 2 aliphatic heterocycles. The van der Waals surface area contributed by atoms with Gasteiger partial charge in [0.05, 0.1) is 52.1 Å². The number of piperidine rings is 2. The van der Waals surface area contributed by atoms with Crippen LogP contribution in [0, 0.1) is 11.8 Å². The van der Waals surface area contributed by atoms with E-state index in [1.165, 1.54) is 6.20 Å². The van der Waals surface area contributed by atoms with Crippen LogP contribution in [0.5, 0.6) is 0 Å². The van der Waals surface area contributed by atoms with E-state index in [4.69, 9.17) is 16.2 Å². The van der Waals surface area contributed by atoms with E-state index in [0.717, 1.165) is 64.7 Å². The molecule has 0 aliphatic carbocycles. The molecule has 2 aromatic carbocycles. The van der Waals surface area contributed by atoms with E-state index < -0.39 is 31.7 Å². The second-order valence-electron chi connectivity index (χ2n) is 18.2. The first kappa shape index (κ1) is 43.9. The second kappa shape index (κ2) is 18.1. The van der Waals surface area contributed by atoms with Gasteiger partial charge in [-0.1, -0.05) is 45.6 Å². The number of nitrogens with zero attached hydrogens (tertiary/aromatic N) is 9. The average Bonchev–Trinajstić information content (AvgIpc) is 3.94. The lowest BCUT2D eigenvalue weighted by Gasteiger charge is -2.38. The van der Waals surface area contributed by atoms with Gasteiger partial charge in [0.15, 0.2) is 0 Å².